The van der Waals surface area contributed by atoms with Gasteiger partial charge >= 0.3 is 258 Å². The van der Waals surface area contributed by atoms with Crippen molar-refractivity contribution in [1.82, 2.24) is 0 Å². The summed E-state index contributed by atoms with van der Waals surface area (Å²) in [6, 6.07) is 0. The van der Waals surface area contributed by atoms with Gasteiger partial charge in [-0.25, -0.2) is 0 Å². The van der Waals surface area contributed by atoms with E-state index in [9.17, 15) is 0 Å². The van der Waals surface area contributed by atoms with Crippen molar-refractivity contribution in [3.05, 3.63) is 24.3 Å². The Morgan fingerprint density at radius 1 is 0.462 bits per heavy atom. The predicted octanol–water partition coefficient (Wildman–Crippen LogP) is 13.1. The van der Waals surface area contributed by atoms with Gasteiger partial charge in [-0.3, -0.25) is 0 Å². The summed E-state index contributed by atoms with van der Waals surface area (Å²) in [4.78, 5) is 0. The molecule has 4 aliphatic carbocycles. The molecule has 0 N–H and O–H groups in total. The molecule has 0 aromatic heterocycles. The third kappa shape index (κ3) is 12.1. The maximum absolute atomic E-state index is 6.92. The second-order valence-electron chi connectivity index (χ2n) is 13.3. The van der Waals surface area contributed by atoms with Crippen molar-refractivity contribution in [3.63, 3.8) is 0 Å². The average molecular weight is 660 g/mol. The first kappa shape index (κ1) is 33.3. The van der Waals surface area contributed by atoms with Gasteiger partial charge in [-0.15, -0.1) is 0 Å². The third-order valence-electron chi connectivity index (χ3n) is 10.8. The molecular formula is C34H60Cl2NiP2. The Hall–Kier alpha value is 1.41. The molecule has 0 spiro atoms. The van der Waals surface area contributed by atoms with Crippen LogP contribution >= 0.6 is 35.1 Å². The molecule has 2 atom stereocenters. The molecule has 0 aromatic rings. The Bertz CT molecular complexity index is 608. The minimum absolute atomic E-state index is 0.705. The molecule has 39 heavy (non-hydrogen) atoms. The standard InChI is InChI=1S/2C17H30P.2ClH.Ni/c2*18-14-8-7-13-17(15-9-3-1-4-10-15)16-11-5-2-6-12-16;;;/h2*7-8,15-18H,1-6,9-14H2;2*1H;/q2*-1;;;+4/p-2. The van der Waals surface area contributed by atoms with Crippen molar-refractivity contribution in [2.75, 3.05) is 12.3 Å². The first-order valence-corrected chi connectivity index (χ1v) is 24.7. The molecule has 4 saturated carbocycles. The van der Waals surface area contributed by atoms with E-state index in [1.807, 2.05) is 0 Å². The Labute approximate surface area is 256 Å². The summed E-state index contributed by atoms with van der Waals surface area (Å²) < 4.78 is 0. The quantitative estimate of drug-likeness (QED) is 0.0988. The van der Waals surface area contributed by atoms with Crippen LogP contribution < -0.4 is 0 Å². The molecule has 4 aliphatic rings. The van der Waals surface area contributed by atoms with Gasteiger partial charge in [-0.05, 0) is 0 Å². The van der Waals surface area contributed by atoms with Gasteiger partial charge < -0.3 is 0 Å². The van der Waals surface area contributed by atoms with E-state index < -0.39 is 9.74 Å². The van der Waals surface area contributed by atoms with E-state index in [1.54, 1.807) is 0 Å². The maximum atomic E-state index is 6.92. The van der Waals surface area contributed by atoms with Crippen LogP contribution in [0, 0.1) is 35.5 Å². The van der Waals surface area contributed by atoms with E-state index in [0.717, 1.165) is 47.8 Å². The number of allylic oxidation sites excluding steroid dienone is 4. The molecule has 0 aliphatic heterocycles. The van der Waals surface area contributed by atoms with Gasteiger partial charge in [0.25, 0.3) is 0 Å². The number of hydrogen-bond donors (Lipinski definition) is 0. The Balaban J connectivity index is 1.16. The summed E-state index contributed by atoms with van der Waals surface area (Å²) in [5.41, 5.74) is 0. The van der Waals surface area contributed by atoms with E-state index in [0.29, 0.717) is 14.7 Å². The molecule has 0 nitrogen and oxygen atoms in total. The van der Waals surface area contributed by atoms with Crippen LogP contribution in [0.25, 0.3) is 0 Å². The fourth-order valence-electron chi connectivity index (χ4n) is 8.74. The van der Waals surface area contributed by atoms with Crippen LogP contribution in [-0.2, 0) is 9.74 Å². The van der Waals surface area contributed by atoms with Crippen molar-refractivity contribution in [1.29, 1.82) is 0 Å². The summed E-state index contributed by atoms with van der Waals surface area (Å²) in [5, 5.41) is 0. The van der Waals surface area contributed by atoms with Crippen molar-refractivity contribution < 1.29 is 9.74 Å². The molecule has 0 bridgehead atoms. The molecule has 2 unspecified atom stereocenters. The fourth-order valence-corrected chi connectivity index (χ4v) is 17.2. The molecule has 0 aromatic carbocycles. The molecule has 230 valence electrons. The molecule has 4 rings (SSSR count). The summed E-state index contributed by atoms with van der Waals surface area (Å²) in [5.74, 6) is 5.84. The van der Waals surface area contributed by atoms with E-state index in [1.165, 1.54) is 141 Å². The molecule has 0 radical (unpaired) electrons. The van der Waals surface area contributed by atoms with Gasteiger partial charge in [-0.1, -0.05) is 0 Å². The summed E-state index contributed by atoms with van der Waals surface area (Å²) in [6.07, 6.45) is 44.4. The molecule has 0 heterocycles. The Morgan fingerprint density at radius 3 is 1.03 bits per heavy atom. The monoisotopic (exact) mass is 658 g/mol. The van der Waals surface area contributed by atoms with Crippen LogP contribution in [0.5, 0.6) is 0 Å². The van der Waals surface area contributed by atoms with Crippen LogP contribution in [0.2, 0.25) is 0 Å². The zero-order valence-corrected chi connectivity index (χ0v) is 29.3. The summed E-state index contributed by atoms with van der Waals surface area (Å²) in [6.45, 7) is 0. The topological polar surface area (TPSA) is 0 Å². The van der Waals surface area contributed by atoms with Crippen LogP contribution in [-0.4, -0.2) is 12.3 Å². The zero-order valence-electron chi connectivity index (χ0n) is 24.8. The third-order valence-corrected chi connectivity index (χ3v) is 22.9. The SMILES string of the molecule is [Cl][Ni]([Cl])([PH]CC=CCC(C1CCCCC1)C1CCCCC1)[PH]CC=CCC(C1CCCCC1)C1CCCCC1. The van der Waals surface area contributed by atoms with Gasteiger partial charge in [0.15, 0.2) is 0 Å². The predicted molar refractivity (Wildman–Crippen MR) is 179 cm³/mol. The van der Waals surface area contributed by atoms with Crippen LogP contribution in [0.3, 0.4) is 0 Å². The van der Waals surface area contributed by atoms with Gasteiger partial charge in [0, 0.05) is 0 Å². The summed E-state index contributed by atoms with van der Waals surface area (Å²) in [7, 11) is 13.7. The molecule has 5 heteroatoms. The first-order chi connectivity index (χ1) is 19.1. The molecule has 4 fully saturated rings. The second-order valence-corrected chi connectivity index (χ2v) is 29.8. The first-order valence-electron chi connectivity index (χ1n) is 17.0. The molecular weight excluding hydrogens is 600 g/mol. The van der Waals surface area contributed by atoms with Crippen molar-refractivity contribution in [3.8, 4) is 0 Å². The van der Waals surface area contributed by atoms with Gasteiger partial charge in [-0.2, -0.15) is 0 Å². The number of halogens is 2. The van der Waals surface area contributed by atoms with Crippen LogP contribution in [0.4, 0.5) is 0 Å². The van der Waals surface area contributed by atoms with Crippen molar-refractivity contribution in [2.45, 2.75) is 141 Å². The van der Waals surface area contributed by atoms with E-state index in [-0.39, 0.29) is 0 Å². The fraction of sp³-hybridized carbons (Fsp3) is 0.882. The summed E-state index contributed by atoms with van der Waals surface area (Å²) >= 11 is 0. The van der Waals surface area contributed by atoms with Crippen molar-refractivity contribution in [2.24, 2.45) is 35.5 Å². The average Bonchev–Trinajstić information content (AvgIpc) is 2.98. The molecule has 0 saturated heterocycles. The Kier molecular flexibility index (Phi) is 16.2. The van der Waals surface area contributed by atoms with Crippen LogP contribution in [0.1, 0.15) is 141 Å². The normalized spacial score (nSPS) is 25.1. The van der Waals surface area contributed by atoms with E-state index in [4.69, 9.17) is 20.4 Å². The number of rotatable bonds is 14. The number of hydrogen-bond acceptors (Lipinski definition) is 0. The van der Waals surface area contributed by atoms with Gasteiger partial charge in [0.2, 0.25) is 0 Å². The van der Waals surface area contributed by atoms with Gasteiger partial charge in [0.1, 0.15) is 0 Å². The van der Waals surface area contributed by atoms with E-state index in [2.05, 4.69) is 24.3 Å². The van der Waals surface area contributed by atoms with Gasteiger partial charge in [0.05, 0.1) is 0 Å². The van der Waals surface area contributed by atoms with Crippen molar-refractivity contribution >= 4 is 35.1 Å². The second kappa shape index (κ2) is 18.9. The zero-order chi connectivity index (χ0) is 27.2. The minimum atomic E-state index is -1.58. The van der Waals surface area contributed by atoms with E-state index >= 15 is 0 Å². The van der Waals surface area contributed by atoms with Crippen LogP contribution in [0.15, 0.2) is 24.3 Å². The molecule has 0 amide bonds. The Morgan fingerprint density at radius 2 is 0.744 bits per heavy atom.